The van der Waals surface area contributed by atoms with Gasteiger partial charge in [0, 0.05) is 18.6 Å². The van der Waals surface area contributed by atoms with Crippen LogP contribution in [0.25, 0.3) is 0 Å². The molecular formula is C23H24N6O3. The van der Waals surface area contributed by atoms with Crippen LogP contribution in [0.3, 0.4) is 0 Å². The molecule has 0 spiro atoms. The van der Waals surface area contributed by atoms with Gasteiger partial charge in [0.2, 0.25) is 5.91 Å². The molecule has 32 heavy (non-hydrogen) atoms. The monoisotopic (exact) mass is 432 g/mol. The number of nitrogens with two attached hydrogens (primary N) is 1. The van der Waals surface area contributed by atoms with Crippen LogP contribution in [0.1, 0.15) is 18.0 Å². The average Bonchev–Trinajstić information content (AvgIpc) is 3.32. The molecule has 9 heteroatoms. The third kappa shape index (κ3) is 4.47. The molecule has 9 nitrogen and oxygen atoms in total. The quantitative estimate of drug-likeness (QED) is 0.381. The number of rotatable bonds is 7. The van der Waals surface area contributed by atoms with E-state index in [2.05, 4.69) is 39.3 Å². The maximum atomic E-state index is 11.7. The summed E-state index contributed by atoms with van der Waals surface area (Å²) in [6, 6.07) is 15.3. The highest BCUT2D eigenvalue weighted by molar-refractivity contribution is 6.01. The number of hydrogen-bond acceptors (Lipinski definition) is 8. The molecule has 1 saturated heterocycles. The van der Waals surface area contributed by atoms with Gasteiger partial charge in [0.25, 0.3) is 0 Å². The van der Waals surface area contributed by atoms with E-state index < -0.39 is 0 Å². The van der Waals surface area contributed by atoms with Crippen molar-refractivity contribution in [2.45, 2.75) is 12.5 Å². The number of hydrogen-bond donors (Lipinski definition) is 3. The third-order valence-corrected chi connectivity index (χ3v) is 5.05. The minimum absolute atomic E-state index is 0.0609. The van der Waals surface area contributed by atoms with Crippen molar-refractivity contribution in [1.82, 2.24) is 9.97 Å². The zero-order valence-corrected chi connectivity index (χ0v) is 17.6. The van der Waals surface area contributed by atoms with Crippen LogP contribution in [-0.4, -0.2) is 29.6 Å². The van der Waals surface area contributed by atoms with E-state index in [4.69, 9.17) is 15.3 Å². The number of nitrogens with one attached hydrogen (secondary N) is 2. The lowest BCUT2D eigenvalue weighted by atomic mass is 10.0. The topological polar surface area (TPSA) is 115 Å². The first-order chi connectivity index (χ1) is 15.6. The van der Waals surface area contributed by atoms with E-state index >= 15 is 0 Å². The molecule has 4 rings (SSSR count). The summed E-state index contributed by atoms with van der Waals surface area (Å²) < 4.78 is 5.44. The number of carbonyl (C=O) groups excluding carboxylic acids is 1. The lowest BCUT2D eigenvalue weighted by Crippen LogP contribution is -2.22. The molecule has 2 aromatic carbocycles. The zero-order valence-electron chi connectivity index (χ0n) is 17.6. The summed E-state index contributed by atoms with van der Waals surface area (Å²) in [6.45, 7) is 4.06. The minimum Gasteiger partial charge on any atom is -0.494 e. The predicted octanol–water partition coefficient (Wildman–Crippen LogP) is 3.82. The Bertz CT molecular complexity index is 1120. The van der Waals surface area contributed by atoms with Crippen LogP contribution in [0.4, 0.5) is 28.7 Å². The van der Waals surface area contributed by atoms with E-state index in [0.717, 1.165) is 12.0 Å². The number of anilines is 5. The van der Waals surface area contributed by atoms with E-state index in [-0.39, 0.29) is 11.9 Å². The van der Waals surface area contributed by atoms with Gasteiger partial charge >= 0.3 is 0 Å². The number of nitrogen functional groups attached to an aromatic ring is 1. The van der Waals surface area contributed by atoms with Crippen LogP contribution in [-0.2, 0) is 9.63 Å². The van der Waals surface area contributed by atoms with Crippen LogP contribution in [0, 0.1) is 0 Å². The summed E-state index contributed by atoms with van der Waals surface area (Å²) in [6.07, 6.45) is 3.49. The number of nitrogens with zero attached hydrogens (tertiary/aromatic N) is 3. The first kappa shape index (κ1) is 21.1. The minimum atomic E-state index is -0.365. The summed E-state index contributed by atoms with van der Waals surface area (Å²) in [4.78, 5) is 26.3. The number of carbonyl (C=O) groups is 1. The fourth-order valence-electron chi connectivity index (χ4n) is 3.50. The summed E-state index contributed by atoms with van der Waals surface area (Å²) in [7, 11) is 1.54. The molecule has 0 radical (unpaired) electrons. The highest BCUT2D eigenvalue weighted by Gasteiger charge is 2.29. The summed E-state index contributed by atoms with van der Waals surface area (Å²) in [5.41, 5.74) is 8.56. The summed E-state index contributed by atoms with van der Waals surface area (Å²) >= 11 is 0. The van der Waals surface area contributed by atoms with Crippen molar-refractivity contribution in [3.63, 3.8) is 0 Å². The van der Waals surface area contributed by atoms with Crippen LogP contribution in [0.5, 0.6) is 5.75 Å². The second-order valence-corrected chi connectivity index (χ2v) is 7.09. The van der Waals surface area contributed by atoms with E-state index in [1.54, 1.807) is 23.3 Å². The van der Waals surface area contributed by atoms with E-state index in [1.165, 1.54) is 19.5 Å². The molecule has 4 N–H and O–H groups in total. The number of aromatic nitrogens is 2. The van der Waals surface area contributed by atoms with Gasteiger partial charge in [0.05, 0.1) is 36.8 Å². The van der Waals surface area contributed by atoms with Crippen molar-refractivity contribution in [3.05, 3.63) is 73.1 Å². The highest BCUT2D eigenvalue weighted by Crippen LogP contribution is 2.37. The van der Waals surface area contributed by atoms with Crippen molar-refractivity contribution < 1.29 is 14.4 Å². The van der Waals surface area contributed by atoms with Gasteiger partial charge in [-0.15, -0.1) is 0 Å². The Kier molecular flexibility index (Phi) is 6.18. The van der Waals surface area contributed by atoms with Crippen molar-refractivity contribution in [2.75, 3.05) is 35.1 Å². The number of ether oxygens (including phenoxy) is 1. The fraction of sp³-hybridized carbons (Fsp3) is 0.174. The molecule has 0 unspecified atom stereocenters. The van der Waals surface area contributed by atoms with Gasteiger partial charge in [-0.3, -0.25) is 9.63 Å². The van der Waals surface area contributed by atoms with Gasteiger partial charge in [0.15, 0.2) is 5.82 Å². The molecule has 0 bridgehead atoms. The Morgan fingerprint density at radius 1 is 1.25 bits per heavy atom. The van der Waals surface area contributed by atoms with Crippen molar-refractivity contribution in [1.29, 1.82) is 0 Å². The molecule has 164 valence electrons. The van der Waals surface area contributed by atoms with Crippen LogP contribution in [0.2, 0.25) is 0 Å². The lowest BCUT2D eigenvalue weighted by molar-refractivity contribution is -0.111. The fourth-order valence-corrected chi connectivity index (χ4v) is 3.50. The van der Waals surface area contributed by atoms with Gasteiger partial charge in [-0.1, -0.05) is 36.9 Å². The Morgan fingerprint density at radius 2 is 2.06 bits per heavy atom. The number of amides is 1. The van der Waals surface area contributed by atoms with Gasteiger partial charge in [-0.25, -0.2) is 15.0 Å². The van der Waals surface area contributed by atoms with Gasteiger partial charge in [0.1, 0.15) is 17.9 Å². The second-order valence-electron chi connectivity index (χ2n) is 7.09. The Balaban J connectivity index is 1.61. The van der Waals surface area contributed by atoms with Crippen LogP contribution >= 0.6 is 0 Å². The molecule has 1 amide bonds. The number of hydroxylamine groups is 1. The SMILES string of the molecule is C=CC(=O)Nc1cc(Nc2cc(N3OCC[C@@H]3c3ccccc3)ncn2)c(OC)cc1N. The lowest BCUT2D eigenvalue weighted by Gasteiger charge is -2.24. The highest BCUT2D eigenvalue weighted by atomic mass is 16.7. The first-order valence-corrected chi connectivity index (χ1v) is 10.1. The molecule has 3 aromatic rings. The predicted molar refractivity (Wildman–Crippen MR) is 124 cm³/mol. The van der Waals surface area contributed by atoms with Crippen molar-refractivity contribution in [3.8, 4) is 5.75 Å². The molecule has 1 atom stereocenters. The smallest absolute Gasteiger partial charge is 0.247 e. The standard InChI is InChI=1S/C23H24N6O3/c1-3-23(30)28-17-12-18(20(31-2)11-16(17)24)27-21-13-22(26-14-25-21)29-19(9-10-32-29)15-7-5-4-6-8-15/h3-8,11-14,19H,1,9-10,24H2,2H3,(H,28,30)(H,25,26,27)/t19-/m1/s1. The maximum Gasteiger partial charge on any atom is 0.247 e. The molecule has 1 aliphatic heterocycles. The van der Waals surface area contributed by atoms with E-state index in [1.807, 2.05) is 18.2 Å². The zero-order chi connectivity index (χ0) is 22.5. The van der Waals surface area contributed by atoms with Crippen molar-refractivity contribution >= 4 is 34.6 Å². The Hall–Kier alpha value is -4.11. The summed E-state index contributed by atoms with van der Waals surface area (Å²) in [5, 5.41) is 7.69. The number of methoxy groups -OCH3 is 1. The molecule has 0 aliphatic carbocycles. The second kappa shape index (κ2) is 9.36. The molecule has 1 fully saturated rings. The average molecular weight is 432 g/mol. The van der Waals surface area contributed by atoms with Gasteiger partial charge < -0.3 is 21.1 Å². The maximum absolute atomic E-state index is 11.7. The first-order valence-electron chi connectivity index (χ1n) is 10.1. The largest absolute Gasteiger partial charge is 0.494 e. The molecule has 1 aliphatic rings. The molecule has 2 heterocycles. The van der Waals surface area contributed by atoms with Crippen LogP contribution < -0.4 is 26.2 Å². The molecule has 1 aromatic heterocycles. The van der Waals surface area contributed by atoms with Gasteiger partial charge in [-0.05, 0) is 17.7 Å². The van der Waals surface area contributed by atoms with Crippen molar-refractivity contribution in [2.24, 2.45) is 0 Å². The van der Waals surface area contributed by atoms with E-state index in [9.17, 15) is 4.79 Å². The Labute approximate surface area is 185 Å². The number of benzene rings is 2. The normalized spacial score (nSPS) is 15.3. The Morgan fingerprint density at radius 3 is 2.81 bits per heavy atom. The summed E-state index contributed by atoms with van der Waals surface area (Å²) in [5.74, 6) is 1.29. The van der Waals surface area contributed by atoms with E-state index in [0.29, 0.717) is 41.1 Å². The molecular weight excluding hydrogens is 408 g/mol. The van der Waals surface area contributed by atoms with Gasteiger partial charge in [-0.2, -0.15) is 0 Å². The van der Waals surface area contributed by atoms with Crippen LogP contribution in [0.15, 0.2) is 67.5 Å². The third-order valence-electron chi connectivity index (χ3n) is 5.05. The molecule has 0 saturated carbocycles.